The predicted molar refractivity (Wildman–Crippen MR) is 46.4 cm³/mol. The molecule has 1 saturated heterocycles. The Morgan fingerprint density at radius 1 is 1.43 bits per heavy atom. The summed E-state index contributed by atoms with van der Waals surface area (Å²) in [5.74, 6) is -0.821. The van der Waals surface area contributed by atoms with E-state index in [1.54, 1.807) is 7.05 Å². The molecule has 14 heavy (non-hydrogen) atoms. The number of aldehydes is 1. The van der Waals surface area contributed by atoms with E-state index in [0.29, 0.717) is 6.29 Å². The Bertz CT molecular complexity index is 198. The van der Waals surface area contributed by atoms with Crippen molar-refractivity contribution in [3.05, 3.63) is 0 Å². The van der Waals surface area contributed by atoms with Crippen LogP contribution >= 0.6 is 0 Å². The Morgan fingerprint density at radius 3 is 2.50 bits per heavy atom. The highest BCUT2D eigenvalue weighted by atomic mass is 16.5. The fourth-order valence-corrected chi connectivity index (χ4v) is 1.55. The van der Waals surface area contributed by atoms with Gasteiger partial charge in [-0.2, -0.15) is 0 Å². The number of carbonyl (C=O) groups excluding carboxylic acids is 1. The van der Waals surface area contributed by atoms with Gasteiger partial charge in [-0.15, -0.1) is 0 Å². The number of aliphatic hydroxyl groups excluding tert-OH is 3. The Hall–Kier alpha value is -0.530. The zero-order chi connectivity index (χ0) is 10.7. The molecule has 1 rings (SSSR count). The number of nitrogens with one attached hydrogen (secondary N) is 1. The van der Waals surface area contributed by atoms with Crippen LogP contribution in [0.15, 0.2) is 0 Å². The fraction of sp³-hybridized carbons (Fsp3) is 0.875. The average molecular weight is 205 g/mol. The van der Waals surface area contributed by atoms with E-state index in [4.69, 9.17) is 9.84 Å². The van der Waals surface area contributed by atoms with Crippen molar-refractivity contribution < 1.29 is 24.9 Å². The van der Waals surface area contributed by atoms with E-state index in [0.717, 1.165) is 0 Å². The molecule has 0 radical (unpaired) electrons. The van der Waals surface area contributed by atoms with Crippen LogP contribution in [0.2, 0.25) is 0 Å². The predicted octanol–water partition coefficient (Wildman–Crippen LogP) is -2.54. The second kappa shape index (κ2) is 4.81. The average Bonchev–Trinajstić information content (AvgIpc) is 2.21. The van der Waals surface area contributed by atoms with E-state index < -0.39 is 37.1 Å². The van der Waals surface area contributed by atoms with Crippen LogP contribution in [0.1, 0.15) is 0 Å². The molecule has 1 heterocycles. The number of ether oxygens (including phenoxy) is 1. The molecule has 1 aliphatic rings. The highest BCUT2D eigenvalue weighted by Crippen LogP contribution is 2.23. The van der Waals surface area contributed by atoms with E-state index >= 15 is 0 Å². The van der Waals surface area contributed by atoms with Crippen LogP contribution in [-0.4, -0.2) is 59.8 Å². The molecule has 0 aromatic rings. The smallest absolute Gasteiger partial charge is 0.129 e. The Morgan fingerprint density at radius 2 is 2.07 bits per heavy atom. The van der Waals surface area contributed by atoms with Gasteiger partial charge in [0.15, 0.2) is 0 Å². The molecule has 0 bridgehead atoms. The van der Waals surface area contributed by atoms with Gasteiger partial charge in [0.2, 0.25) is 0 Å². The van der Waals surface area contributed by atoms with Crippen molar-refractivity contribution in [2.24, 2.45) is 5.92 Å². The molecule has 1 aliphatic heterocycles. The second-order valence-corrected chi connectivity index (χ2v) is 3.26. The Balaban J connectivity index is 2.76. The first-order valence-electron chi connectivity index (χ1n) is 4.40. The number of rotatable bonds is 3. The van der Waals surface area contributed by atoms with E-state index in [1.807, 2.05) is 0 Å². The highest BCUT2D eigenvalue weighted by molar-refractivity contribution is 5.56. The van der Waals surface area contributed by atoms with Crippen LogP contribution < -0.4 is 5.32 Å². The van der Waals surface area contributed by atoms with E-state index in [-0.39, 0.29) is 0 Å². The van der Waals surface area contributed by atoms with Crippen molar-refractivity contribution in [2.75, 3.05) is 13.7 Å². The van der Waals surface area contributed by atoms with Crippen molar-refractivity contribution in [3.8, 4) is 0 Å². The first-order chi connectivity index (χ1) is 6.65. The summed E-state index contributed by atoms with van der Waals surface area (Å²) < 4.78 is 5.17. The fourth-order valence-electron chi connectivity index (χ4n) is 1.55. The molecular weight excluding hydrogens is 190 g/mol. The first kappa shape index (κ1) is 11.5. The first-order valence-corrected chi connectivity index (χ1v) is 4.40. The molecule has 0 aromatic carbocycles. The minimum Gasteiger partial charge on any atom is -0.394 e. The van der Waals surface area contributed by atoms with Crippen LogP contribution in [0.3, 0.4) is 0 Å². The van der Waals surface area contributed by atoms with Crippen LogP contribution in [0.25, 0.3) is 0 Å². The normalized spacial score (nSPS) is 43.6. The molecule has 0 aliphatic carbocycles. The third kappa shape index (κ3) is 1.94. The van der Waals surface area contributed by atoms with E-state index in [2.05, 4.69) is 5.32 Å². The summed E-state index contributed by atoms with van der Waals surface area (Å²) >= 11 is 0. The lowest BCUT2D eigenvalue weighted by molar-refractivity contribution is -0.210. The lowest BCUT2D eigenvalue weighted by atomic mass is 9.91. The van der Waals surface area contributed by atoms with Gasteiger partial charge in [0.1, 0.15) is 24.7 Å². The molecule has 6 heteroatoms. The molecule has 0 aromatic heterocycles. The van der Waals surface area contributed by atoms with Crippen LogP contribution in [0.5, 0.6) is 0 Å². The van der Waals surface area contributed by atoms with Gasteiger partial charge in [0.05, 0.1) is 18.6 Å². The van der Waals surface area contributed by atoms with Gasteiger partial charge in [-0.1, -0.05) is 0 Å². The quantitative estimate of drug-likeness (QED) is 0.379. The largest absolute Gasteiger partial charge is 0.394 e. The monoisotopic (exact) mass is 205 g/mol. The molecule has 4 N–H and O–H groups in total. The van der Waals surface area contributed by atoms with Gasteiger partial charge >= 0.3 is 0 Å². The maximum Gasteiger partial charge on any atom is 0.129 e. The SMILES string of the molecule is CNC1OC(CO)C(O)C(O)C1C=O. The summed E-state index contributed by atoms with van der Waals surface area (Å²) in [7, 11) is 1.57. The maximum absolute atomic E-state index is 10.6. The van der Waals surface area contributed by atoms with Crippen LogP contribution in [-0.2, 0) is 9.53 Å². The molecule has 5 unspecified atom stereocenters. The number of hydrogen-bond donors (Lipinski definition) is 4. The zero-order valence-corrected chi connectivity index (χ0v) is 7.83. The number of aliphatic hydroxyl groups is 3. The molecule has 5 atom stereocenters. The highest BCUT2D eigenvalue weighted by Gasteiger charge is 2.43. The van der Waals surface area contributed by atoms with Crippen molar-refractivity contribution in [1.29, 1.82) is 0 Å². The van der Waals surface area contributed by atoms with Gasteiger partial charge in [-0.3, -0.25) is 5.32 Å². The Labute approximate surface area is 81.5 Å². The summed E-state index contributed by atoms with van der Waals surface area (Å²) in [6.45, 7) is -0.401. The third-order valence-corrected chi connectivity index (χ3v) is 2.42. The molecule has 82 valence electrons. The van der Waals surface area contributed by atoms with Crippen LogP contribution in [0, 0.1) is 5.92 Å². The van der Waals surface area contributed by atoms with E-state index in [1.165, 1.54) is 0 Å². The summed E-state index contributed by atoms with van der Waals surface area (Å²) in [5, 5.41) is 30.5. The second-order valence-electron chi connectivity index (χ2n) is 3.26. The van der Waals surface area contributed by atoms with Gasteiger partial charge in [-0.05, 0) is 7.05 Å². The van der Waals surface area contributed by atoms with Crippen molar-refractivity contribution in [1.82, 2.24) is 5.32 Å². The molecule has 0 spiro atoms. The molecule has 6 nitrogen and oxygen atoms in total. The Kier molecular flexibility index (Phi) is 3.97. The summed E-state index contributed by atoms with van der Waals surface area (Å²) in [4.78, 5) is 10.6. The summed E-state index contributed by atoms with van der Waals surface area (Å²) in [6, 6.07) is 0. The summed E-state index contributed by atoms with van der Waals surface area (Å²) in [5.41, 5.74) is 0. The van der Waals surface area contributed by atoms with Gasteiger partial charge in [0.25, 0.3) is 0 Å². The lowest BCUT2D eigenvalue weighted by Gasteiger charge is -2.39. The van der Waals surface area contributed by atoms with Crippen molar-refractivity contribution in [3.63, 3.8) is 0 Å². The standard InChI is InChI=1S/C8H15NO5/c1-9-8-4(2-10)6(12)7(13)5(3-11)14-8/h2,4-9,11-13H,3H2,1H3. The minimum absolute atomic E-state index is 0.401. The number of carbonyl (C=O) groups is 1. The van der Waals surface area contributed by atoms with Crippen molar-refractivity contribution >= 4 is 6.29 Å². The molecular formula is C8H15NO5. The topological polar surface area (TPSA) is 99.0 Å². The number of hydrogen-bond acceptors (Lipinski definition) is 6. The zero-order valence-electron chi connectivity index (χ0n) is 7.83. The third-order valence-electron chi connectivity index (χ3n) is 2.42. The van der Waals surface area contributed by atoms with Crippen LogP contribution in [0.4, 0.5) is 0 Å². The van der Waals surface area contributed by atoms with Gasteiger partial charge in [-0.25, -0.2) is 0 Å². The summed E-state index contributed by atoms with van der Waals surface area (Å²) in [6.07, 6.45) is -3.46. The van der Waals surface area contributed by atoms with Crippen molar-refractivity contribution in [2.45, 2.75) is 24.5 Å². The minimum atomic E-state index is -1.24. The van der Waals surface area contributed by atoms with E-state index in [9.17, 15) is 15.0 Å². The van der Waals surface area contributed by atoms with Gasteiger partial charge < -0.3 is 24.9 Å². The maximum atomic E-state index is 10.6. The molecule has 0 amide bonds. The van der Waals surface area contributed by atoms with Gasteiger partial charge in [0, 0.05) is 0 Å². The lowest BCUT2D eigenvalue weighted by Crippen LogP contribution is -2.59. The molecule has 0 saturated carbocycles. The molecule has 1 fully saturated rings.